The molecule has 0 unspecified atom stereocenters. The molecule has 0 saturated carbocycles. The van der Waals surface area contributed by atoms with E-state index in [1.165, 1.54) is 0 Å². The molecule has 1 amide bonds. The molecule has 25 heavy (non-hydrogen) atoms. The van der Waals surface area contributed by atoms with Crippen LogP contribution in [0.2, 0.25) is 0 Å². The van der Waals surface area contributed by atoms with E-state index in [0.717, 1.165) is 27.3 Å². The first-order valence-corrected chi connectivity index (χ1v) is 8.69. The van der Waals surface area contributed by atoms with Gasteiger partial charge >= 0.3 is 0 Å². The summed E-state index contributed by atoms with van der Waals surface area (Å²) in [7, 11) is 0. The Hall–Kier alpha value is -3.12. The molecule has 0 atom stereocenters. The summed E-state index contributed by atoms with van der Waals surface area (Å²) in [5, 5.41) is 4.93. The number of rotatable bonds is 3. The van der Waals surface area contributed by atoms with E-state index in [0.29, 0.717) is 16.9 Å². The Balaban J connectivity index is 1.64. The smallest absolute Gasteiger partial charge is 0.255 e. The van der Waals surface area contributed by atoms with E-state index in [9.17, 15) is 4.79 Å². The van der Waals surface area contributed by atoms with Crippen LogP contribution in [-0.4, -0.2) is 15.9 Å². The highest BCUT2D eigenvalue weighted by molar-refractivity contribution is 7.13. The Kier molecular flexibility index (Phi) is 3.74. The van der Waals surface area contributed by atoms with Gasteiger partial charge in [0.05, 0.1) is 22.4 Å². The number of fused-ring (bicyclic) bond motifs is 1. The van der Waals surface area contributed by atoms with Crippen LogP contribution < -0.4 is 11.1 Å². The van der Waals surface area contributed by atoms with Gasteiger partial charge in [-0.1, -0.05) is 12.1 Å². The number of aromatic amines is 1. The third-order valence-corrected chi connectivity index (χ3v) is 4.89. The Morgan fingerprint density at radius 2 is 2.08 bits per heavy atom. The number of aryl methyl sites for hydroxylation is 1. The summed E-state index contributed by atoms with van der Waals surface area (Å²) in [5.74, 6) is 0.615. The number of benzene rings is 2. The Labute approximate surface area is 148 Å². The average Bonchev–Trinajstić information content (AvgIpc) is 3.24. The molecule has 5 nitrogen and oxygen atoms in total. The molecule has 4 aromatic rings. The van der Waals surface area contributed by atoms with Crippen molar-refractivity contribution >= 4 is 39.7 Å². The quantitative estimate of drug-likeness (QED) is 0.479. The van der Waals surface area contributed by atoms with Crippen molar-refractivity contribution in [2.75, 3.05) is 11.1 Å². The van der Waals surface area contributed by atoms with Crippen LogP contribution in [0.5, 0.6) is 0 Å². The van der Waals surface area contributed by atoms with Crippen molar-refractivity contribution < 1.29 is 4.79 Å². The number of aromatic nitrogens is 2. The molecule has 2 aromatic heterocycles. The van der Waals surface area contributed by atoms with Gasteiger partial charge in [0, 0.05) is 10.4 Å². The SMILES string of the molecule is Cc1nc2ccc(C(=O)Nc3cc(-c4cccs4)ccc3N)cc2[nH]1. The summed E-state index contributed by atoms with van der Waals surface area (Å²) in [6.07, 6.45) is 0. The van der Waals surface area contributed by atoms with E-state index in [-0.39, 0.29) is 5.91 Å². The predicted octanol–water partition coefficient (Wildman–Crippen LogP) is 4.43. The molecule has 4 N–H and O–H groups in total. The monoisotopic (exact) mass is 348 g/mol. The van der Waals surface area contributed by atoms with Crippen LogP contribution in [0.4, 0.5) is 11.4 Å². The lowest BCUT2D eigenvalue weighted by Gasteiger charge is -2.10. The molecule has 0 saturated heterocycles. The molecule has 0 spiro atoms. The molecule has 2 heterocycles. The molecule has 0 bridgehead atoms. The molecule has 0 fully saturated rings. The molecule has 0 aliphatic carbocycles. The summed E-state index contributed by atoms with van der Waals surface area (Å²) in [6.45, 7) is 1.89. The zero-order valence-corrected chi connectivity index (χ0v) is 14.4. The van der Waals surface area contributed by atoms with Crippen molar-refractivity contribution in [1.82, 2.24) is 9.97 Å². The van der Waals surface area contributed by atoms with E-state index in [1.807, 2.05) is 48.7 Å². The fourth-order valence-electron chi connectivity index (χ4n) is 2.73. The topological polar surface area (TPSA) is 83.8 Å². The number of anilines is 2. The van der Waals surface area contributed by atoms with Crippen LogP contribution in [0, 0.1) is 6.92 Å². The molecular formula is C19H16N4OS. The van der Waals surface area contributed by atoms with Crippen LogP contribution in [0.3, 0.4) is 0 Å². The first kappa shape index (κ1) is 15.4. The second-order valence-corrected chi connectivity index (χ2v) is 6.74. The minimum atomic E-state index is -0.204. The molecule has 0 aliphatic heterocycles. The average molecular weight is 348 g/mol. The number of nitrogens with two attached hydrogens (primary N) is 1. The first-order valence-electron chi connectivity index (χ1n) is 7.81. The van der Waals surface area contributed by atoms with Crippen LogP contribution >= 0.6 is 11.3 Å². The van der Waals surface area contributed by atoms with Crippen molar-refractivity contribution in [3.63, 3.8) is 0 Å². The number of carbonyl (C=O) groups excluding carboxylic acids is 1. The lowest BCUT2D eigenvalue weighted by molar-refractivity contribution is 0.102. The maximum atomic E-state index is 12.6. The summed E-state index contributed by atoms with van der Waals surface area (Å²) >= 11 is 1.64. The van der Waals surface area contributed by atoms with E-state index in [2.05, 4.69) is 15.3 Å². The number of nitrogens with zero attached hydrogens (tertiary/aromatic N) is 1. The number of nitrogen functional groups attached to an aromatic ring is 1. The van der Waals surface area contributed by atoms with Gasteiger partial charge in [-0.25, -0.2) is 4.98 Å². The highest BCUT2D eigenvalue weighted by atomic mass is 32.1. The Morgan fingerprint density at radius 3 is 2.88 bits per heavy atom. The Bertz CT molecular complexity index is 1070. The van der Waals surface area contributed by atoms with Crippen molar-refractivity contribution in [2.24, 2.45) is 0 Å². The lowest BCUT2D eigenvalue weighted by atomic mass is 10.1. The maximum absolute atomic E-state index is 12.6. The fourth-order valence-corrected chi connectivity index (χ4v) is 3.46. The van der Waals surface area contributed by atoms with Gasteiger partial charge in [-0.3, -0.25) is 4.79 Å². The number of imidazole rings is 1. The second kappa shape index (κ2) is 6.07. The number of hydrogen-bond acceptors (Lipinski definition) is 4. The number of H-pyrrole nitrogens is 1. The minimum absolute atomic E-state index is 0.204. The van der Waals surface area contributed by atoms with Gasteiger partial charge in [0.25, 0.3) is 5.91 Å². The molecule has 124 valence electrons. The molecule has 0 aliphatic rings. The standard InChI is InChI=1S/C19H16N4OS/c1-11-21-15-7-5-13(10-17(15)22-11)19(24)23-16-9-12(4-6-14(16)20)18-3-2-8-25-18/h2-10H,20H2,1H3,(H,21,22)(H,23,24). The maximum Gasteiger partial charge on any atom is 0.255 e. The largest absolute Gasteiger partial charge is 0.397 e. The summed E-state index contributed by atoms with van der Waals surface area (Å²) in [6, 6.07) is 15.1. The van der Waals surface area contributed by atoms with Gasteiger partial charge in [-0.05, 0) is 54.3 Å². The number of amides is 1. The van der Waals surface area contributed by atoms with Crippen molar-refractivity contribution in [2.45, 2.75) is 6.92 Å². The van der Waals surface area contributed by atoms with E-state index < -0.39 is 0 Å². The van der Waals surface area contributed by atoms with Gasteiger partial charge in [0.1, 0.15) is 5.82 Å². The van der Waals surface area contributed by atoms with Crippen molar-refractivity contribution in [3.8, 4) is 10.4 Å². The van der Waals surface area contributed by atoms with Crippen molar-refractivity contribution in [3.05, 3.63) is 65.3 Å². The number of thiophene rings is 1. The normalized spacial score (nSPS) is 10.9. The first-order chi connectivity index (χ1) is 12.1. The minimum Gasteiger partial charge on any atom is -0.397 e. The van der Waals surface area contributed by atoms with Crippen LogP contribution in [0.15, 0.2) is 53.9 Å². The number of carbonyl (C=O) groups is 1. The molecular weight excluding hydrogens is 332 g/mol. The zero-order valence-electron chi connectivity index (χ0n) is 13.5. The zero-order chi connectivity index (χ0) is 17.4. The third-order valence-electron chi connectivity index (χ3n) is 3.97. The Morgan fingerprint density at radius 1 is 1.20 bits per heavy atom. The summed E-state index contributed by atoms with van der Waals surface area (Å²) in [5.41, 5.74) is 10.4. The van der Waals surface area contributed by atoms with Gasteiger partial charge in [0.2, 0.25) is 0 Å². The molecule has 4 rings (SSSR count). The molecule has 0 radical (unpaired) electrons. The predicted molar refractivity (Wildman–Crippen MR) is 103 cm³/mol. The van der Waals surface area contributed by atoms with E-state index in [4.69, 9.17) is 5.73 Å². The highest BCUT2D eigenvalue weighted by Gasteiger charge is 2.11. The molecule has 6 heteroatoms. The number of nitrogens with one attached hydrogen (secondary N) is 2. The summed E-state index contributed by atoms with van der Waals surface area (Å²) < 4.78 is 0. The van der Waals surface area contributed by atoms with Crippen LogP contribution in [-0.2, 0) is 0 Å². The van der Waals surface area contributed by atoms with Crippen LogP contribution in [0.1, 0.15) is 16.2 Å². The number of hydrogen-bond donors (Lipinski definition) is 3. The van der Waals surface area contributed by atoms with Gasteiger partial charge in [-0.15, -0.1) is 11.3 Å². The summed E-state index contributed by atoms with van der Waals surface area (Å²) in [4.78, 5) is 21.2. The van der Waals surface area contributed by atoms with Crippen molar-refractivity contribution in [1.29, 1.82) is 0 Å². The van der Waals surface area contributed by atoms with E-state index >= 15 is 0 Å². The third kappa shape index (κ3) is 2.99. The highest BCUT2D eigenvalue weighted by Crippen LogP contribution is 2.30. The van der Waals surface area contributed by atoms with Gasteiger partial charge in [0.15, 0.2) is 0 Å². The van der Waals surface area contributed by atoms with Crippen LogP contribution in [0.25, 0.3) is 21.5 Å². The molecule has 2 aromatic carbocycles. The second-order valence-electron chi connectivity index (χ2n) is 5.79. The fraction of sp³-hybridized carbons (Fsp3) is 0.0526. The van der Waals surface area contributed by atoms with Gasteiger partial charge in [-0.2, -0.15) is 0 Å². The van der Waals surface area contributed by atoms with E-state index in [1.54, 1.807) is 23.5 Å². The van der Waals surface area contributed by atoms with Gasteiger partial charge < -0.3 is 16.0 Å². The lowest BCUT2D eigenvalue weighted by Crippen LogP contribution is -2.13.